The predicted molar refractivity (Wildman–Crippen MR) is 251 cm³/mol. The van der Waals surface area contributed by atoms with Gasteiger partial charge in [-0.05, 0) is 20.8 Å². The Balaban J connectivity index is 0. The van der Waals surface area contributed by atoms with E-state index in [1.807, 2.05) is 0 Å². The number of carbonyl (C=O) groups is 9. The van der Waals surface area contributed by atoms with Crippen LogP contribution in [0.4, 0.5) is 4.79 Å². The number of carboxylic acid groups (broad SMARTS) is 8. The average Bonchev–Trinajstić information content (AvgIpc) is 3.56. The number of carbonyl (C=O) groups excluding carboxylic acids is 1. The molecule has 17 N–H and O–H groups in total. The van der Waals surface area contributed by atoms with E-state index in [1.54, 1.807) is 51.2 Å². The average molecular weight is 1040 g/mol. The maximum atomic E-state index is 12.0. The number of rotatable bonds is 25. The minimum Gasteiger partial charge on any atom is -0.481 e. The van der Waals surface area contributed by atoms with Crippen LogP contribution >= 0.6 is 69.5 Å². The smallest absolute Gasteiger partial charge is 0.408 e. The highest BCUT2D eigenvalue weighted by molar-refractivity contribution is 8.76. The van der Waals surface area contributed by atoms with E-state index in [4.69, 9.17) is 58.3 Å². The zero-order valence-electron chi connectivity index (χ0n) is 34.9. The third-order valence-corrected chi connectivity index (χ3v) is 12.9. The number of benzene rings is 1. The number of aromatic nitrogens is 1. The Morgan fingerprint density at radius 2 is 1.09 bits per heavy atom. The van der Waals surface area contributed by atoms with Crippen molar-refractivity contribution in [2.45, 2.75) is 67.6 Å². The summed E-state index contributed by atoms with van der Waals surface area (Å²) in [5.41, 5.74) is 19.7. The second-order valence-electron chi connectivity index (χ2n) is 13.5. The molecule has 0 fully saturated rings. The van der Waals surface area contributed by atoms with E-state index in [1.165, 1.54) is 26.2 Å². The second-order valence-corrected chi connectivity index (χ2v) is 19.5. The maximum absolute atomic E-state index is 12.0. The van der Waals surface area contributed by atoms with E-state index in [2.05, 4.69) is 17.9 Å². The zero-order chi connectivity index (χ0) is 50.6. The van der Waals surface area contributed by atoms with Gasteiger partial charge in [0.1, 0.15) is 41.9 Å². The Bertz CT molecular complexity index is 1870. The van der Waals surface area contributed by atoms with E-state index >= 15 is 0 Å². The van der Waals surface area contributed by atoms with Crippen molar-refractivity contribution < 1.29 is 88.7 Å². The molecule has 30 heteroatoms. The normalized spacial score (nSPS) is 13.5. The number of carboxylic acids is 8. The molecule has 368 valence electrons. The van der Waals surface area contributed by atoms with Crippen molar-refractivity contribution in [2.75, 3.05) is 46.0 Å². The number of hydrogen-bond acceptors (Lipinski definition) is 20. The van der Waals surface area contributed by atoms with Gasteiger partial charge in [0.15, 0.2) is 0 Å². The number of ether oxygens (including phenoxy) is 1. The van der Waals surface area contributed by atoms with Gasteiger partial charge in [-0.1, -0.05) is 45.9 Å². The minimum absolute atomic E-state index is 0.00863. The van der Waals surface area contributed by atoms with Crippen LogP contribution in [-0.4, -0.2) is 181 Å². The van der Waals surface area contributed by atoms with Crippen LogP contribution < -0.4 is 28.3 Å². The van der Waals surface area contributed by atoms with Crippen LogP contribution in [0, 0.1) is 0 Å². The molecule has 6 atom stereocenters. The van der Waals surface area contributed by atoms with Gasteiger partial charge in [-0.15, -0.1) is 35.3 Å². The van der Waals surface area contributed by atoms with Gasteiger partial charge in [0, 0.05) is 51.5 Å². The minimum atomic E-state index is -1.28. The van der Waals surface area contributed by atoms with Crippen LogP contribution in [0.15, 0.2) is 35.5 Å². The number of nitrogens with two attached hydrogens (primary N) is 4. The van der Waals surface area contributed by atoms with Crippen molar-refractivity contribution in [3.63, 3.8) is 0 Å². The van der Waals surface area contributed by atoms with Crippen LogP contribution in [0.25, 0.3) is 10.8 Å². The van der Waals surface area contributed by atoms with Crippen LogP contribution in [0.2, 0.25) is 0 Å². The second kappa shape index (κ2) is 33.2. The fraction of sp³-hybridized carbons (Fsp3) is 0.514. The number of nitrogens with zero attached hydrogens (tertiary/aromatic N) is 1. The van der Waals surface area contributed by atoms with Crippen molar-refractivity contribution in [3.8, 4) is 0 Å². The highest BCUT2D eigenvalue weighted by atomic mass is 33.1. The van der Waals surface area contributed by atoms with Crippen molar-refractivity contribution in [3.05, 3.63) is 30.5 Å². The first-order valence-electron chi connectivity index (χ1n) is 18.1. The molecule has 1 aromatic heterocycles. The van der Waals surface area contributed by atoms with Crippen LogP contribution in [0.5, 0.6) is 0 Å². The molecular formula is C35H54N6O18S6. The first kappa shape index (κ1) is 62.8. The standard InChI is InChI=1S/C21H26N2O8S2.C6H12N2O4S2.C5H9NO4S.C3H7NO2S/c1-21(2,3)31-20(30)22-14(18(26)27)9-33-17-13-7-5-4-6-12(13)8-23(17)15(19(28)29)10-32-11-16(24)25;7-3(5(9)10)1-13-14-2-4(8)6(11)12;6-3(5(9)10)1-11-2-4(7)8;4-2(1-7)3(5)6/h4-8,14-15H,9-11H2,1-3H3,(H,22,30)(H,24,25)(H,26,27)(H,28,29);3-4H,1-2,7-8H2,(H,9,10)(H,11,12);3H,1-2,6H2,(H,7,8)(H,9,10);2,7H,1,4H2,(H,5,6)/t14-,15-;3-,4-;3-;2-/m0000/s1. The third kappa shape index (κ3) is 29.8. The molecule has 1 aromatic carbocycles. The lowest BCUT2D eigenvalue weighted by Gasteiger charge is -2.22. The van der Waals surface area contributed by atoms with Crippen LogP contribution in [-0.2, 0) is 43.1 Å². The van der Waals surface area contributed by atoms with Gasteiger partial charge in [-0.2, -0.15) is 12.6 Å². The Labute approximate surface area is 397 Å². The molecule has 24 nitrogen and oxygen atoms in total. The summed E-state index contributed by atoms with van der Waals surface area (Å²) in [6, 6.07) is 1.17. The van der Waals surface area contributed by atoms with Crippen molar-refractivity contribution in [1.82, 2.24) is 9.88 Å². The number of thioether (sulfide) groups is 3. The van der Waals surface area contributed by atoms with Crippen molar-refractivity contribution in [1.29, 1.82) is 0 Å². The van der Waals surface area contributed by atoms with E-state index in [-0.39, 0.29) is 46.0 Å². The molecular weight excluding hydrogens is 985 g/mol. The van der Waals surface area contributed by atoms with E-state index in [0.717, 1.165) is 46.1 Å². The highest BCUT2D eigenvalue weighted by Gasteiger charge is 2.28. The molecule has 0 unspecified atom stereocenters. The number of hydrogen-bond donors (Lipinski definition) is 14. The number of aliphatic carboxylic acids is 8. The summed E-state index contributed by atoms with van der Waals surface area (Å²) in [4.78, 5) is 96.9. The summed E-state index contributed by atoms with van der Waals surface area (Å²) in [5, 5.41) is 73.7. The van der Waals surface area contributed by atoms with Crippen LogP contribution in [0.3, 0.4) is 0 Å². The van der Waals surface area contributed by atoms with Gasteiger partial charge < -0.3 is 78.4 Å². The molecule has 0 bridgehead atoms. The SMILES string of the molecule is CC(C)(C)OC(=O)N[C@@H](CSc1c2ccccc2cn1[C@@H](CSCC(=O)O)C(=O)O)C(=O)O.N[C@@H](CS)C(=O)O.N[C@@H](CSCC(=O)O)C(=O)O.N[C@@H](CSSC[C@H](N)C(=O)O)C(=O)O. The summed E-state index contributed by atoms with van der Waals surface area (Å²) < 4.78 is 6.64. The fourth-order valence-corrected chi connectivity index (χ4v) is 8.77. The molecule has 65 heavy (non-hydrogen) atoms. The lowest BCUT2D eigenvalue weighted by molar-refractivity contribution is -0.141. The number of thiol groups is 1. The lowest BCUT2D eigenvalue weighted by Crippen LogP contribution is -2.45. The number of amides is 1. The van der Waals surface area contributed by atoms with E-state index in [0.29, 0.717) is 5.03 Å². The molecule has 0 aliphatic heterocycles. The Morgan fingerprint density at radius 3 is 1.48 bits per heavy atom. The molecule has 1 heterocycles. The summed E-state index contributed by atoms with van der Waals surface area (Å²) in [6.07, 6.45) is 0.777. The summed E-state index contributed by atoms with van der Waals surface area (Å²) in [5.74, 6) is -8.32. The van der Waals surface area contributed by atoms with Crippen LogP contribution in [0.1, 0.15) is 26.8 Å². The molecule has 0 saturated heterocycles. The summed E-state index contributed by atoms with van der Waals surface area (Å²) in [7, 11) is 2.41. The first-order chi connectivity index (χ1) is 30.1. The summed E-state index contributed by atoms with van der Waals surface area (Å²) >= 11 is 6.71. The predicted octanol–water partition coefficient (Wildman–Crippen LogP) is 0.891. The van der Waals surface area contributed by atoms with Gasteiger partial charge in [0.25, 0.3) is 0 Å². The number of fused-ring (bicyclic) bond motifs is 1. The van der Waals surface area contributed by atoms with Gasteiger partial charge >= 0.3 is 53.8 Å². The lowest BCUT2D eigenvalue weighted by atomic mass is 10.2. The van der Waals surface area contributed by atoms with Gasteiger partial charge in [0.2, 0.25) is 0 Å². The first-order valence-corrected chi connectivity index (χ1v) is 24.5. The van der Waals surface area contributed by atoms with Gasteiger partial charge in [-0.3, -0.25) is 28.8 Å². The molecule has 0 saturated carbocycles. The molecule has 2 rings (SSSR count). The third-order valence-electron chi connectivity index (χ3n) is 6.77. The number of alkyl carbamates (subject to hydrolysis) is 1. The fourth-order valence-electron chi connectivity index (χ4n) is 3.66. The van der Waals surface area contributed by atoms with Gasteiger partial charge in [0.05, 0.1) is 16.5 Å². The zero-order valence-corrected chi connectivity index (χ0v) is 39.9. The molecule has 0 aliphatic rings. The largest absolute Gasteiger partial charge is 0.481 e. The number of nitrogens with one attached hydrogen (secondary N) is 1. The molecule has 0 aliphatic carbocycles. The van der Waals surface area contributed by atoms with Crippen molar-refractivity contribution in [2.24, 2.45) is 22.9 Å². The molecule has 2 aromatic rings. The molecule has 0 spiro atoms. The maximum Gasteiger partial charge on any atom is 0.408 e. The monoisotopic (exact) mass is 1040 g/mol. The topological polar surface area (TPSA) is 446 Å². The Kier molecular flexibility index (Phi) is 32.1. The Morgan fingerprint density at radius 1 is 0.646 bits per heavy atom. The van der Waals surface area contributed by atoms with E-state index < -0.39 is 95.7 Å². The summed E-state index contributed by atoms with van der Waals surface area (Å²) in [6.45, 7) is 4.97. The molecule has 1 amide bonds. The Hall–Kier alpha value is -4.27. The van der Waals surface area contributed by atoms with Gasteiger partial charge in [-0.25, -0.2) is 14.4 Å². The highest BCUT2D eigenvalue weighted by Crippen LogP contribution is 2.34. The quantitative estimate of drug-likeness (QED) is 0.0284. The van der Waals surface area contributed by atoms with E-state index in [9.17, 15) is 53.4 Å². The van der Waals surface area contributed by atoms with Crippen molar-refractivity contribution >= 4 is 134 Å². The molecule has 0 radical (unpaired) electrons.